The second kappa shape index (κ2) is 6.50. The molecule has 2 rings (SSSR count). The lowest BCUT2D eigenvalue weighted by Gasteiger charge is -2.06. The molecule has 6 heteroatoms. The van der Waals surface area contributed by atoms with Crippen LogP contribution in [0.5, 0.6) is 0 Å². The van der Waals surface area contributed by atoms with Crippen molar-refractivity contribution in [1.82, 2.24) is 4.98 Å². The number of aromatic amines is 1. The fourth-order valence-corrected chi connectivity index (χ4v) is 1.61. The lowest BCUT2D eigenvalue weighted by molar-refractivity contribution is 0.102. The number of amides is 1. The van der Waals surface area contributed by atoms with E-state index in [4.69, 9.17) is 5.11 Å². The van der Waals surface area contributed by atoms with Crippen LogP contribution in [0.1, 0.15) is 16.1 Å². The van der Waals surface area contributed by atoms with E-state index in [-0.39, 0.29) is 18.0 Å². The minimum Gasteiger partial charge on any atom is -0.384 e. The summed E-state index contributed by atoms with van der Waals surface area (Å²) in [6.07, 6.45) is 0. The maximum atomic E-state index is 13.8. The van der Waals surface area contributed by atoms with Crippen molar-refractivity contribution >= 4 is 11.6 Å². The fraction of sp³-hybridized carbons (Fsp3) is 0.0667. The average Bonchev–Trinajstić information content (AvgIpc) is 2.47. The molecule has 21 heavy (non-hydrogen) atoms. The molecule has 0 fully saturated rings. The highest BCUT2D eigenvalue weighted by molar-refractivity contribution is 6.02. The van der Waals surface area contributed by atoms with E-state index in [1.165, 1.54) is 30.3 Å². The van der Waals surface area contributed by atoms with E-state index in [1.54, 1.807) is 0 Å². The Balaban J connectivity index is 2.20. The van der Waals surface area contributed by atoms with Crippen LogP contribution < -0.4 is 10.9 Å². The van der Waals surface area contributed by atoms with E-state index in [2.05, 4.69) is 22.1 Å². The van der Waals surface area contributed by atoms with Gasteiger partial charge >= 0.3 is 0 Å². The van der Waals surface area contributed by atoms with Gasteiger partial charge in [-0.15, -0.1) is 0 Å². The lowest BCUT2D eigenvalue weighted by Crippen LogP contribution is -2.18. The number of hydrogen-bond acceptors (Lipinski definition) is 3. The summed E-state index contributed by atoms with van der Waals surface area (Å²) in [5.74, 6) is 3.67. The minimum absolute atomic E-state index is 0.0285. The summed E-state index contributed by atoms with van der Waals surface area (Å²) in [7, 11) is 0. The van der Waals surface area contributed by atoms with Crippen LogP contribution in [-0.2, 0) is 0 Å². The molecule has 106 valence electrons. The van der Waals surface area contributed by atoms with Gasteiger partial charge in [0, 0.05) is 11.6 Å². The third kappa shape index (κ3) is 3.78. The van der Waals surface area contributed by atoms with Crippen molar-refractivity contribution in [2.75, 3.05) is 11.9 Å². The van der Waals surface area contributed by atoms with Crippen LogP contribution in [0.3, 0.4) is 0 Å². The average molecular weight is 286 g/mol. The van der Waals surface area contributed by atoms with E-state index in [1.807, 2.05) is 0 Å². The molecule has 0 aliphatic rings. The number of carbonyl (C=O) groups is 1. The maximum Gasteiger partial charge on any atom is 0.272 e. The standard InChI is InChI=1S/C15H11FN2O3/c16-11-9-10(3-2-8-19)6-7-12(11)18-15(21)13-4-1-5-14(20)17-13/h1,4-7,9,19H,8H2,(H,17,20)(H,18,21). The SMILES string of the molecule is O=C(Nc1ccc(C#CCO)cc1F)c1cccc(=O)[nH]1. The van der Waals surface area contributed by atoms with Crippen molar-refractivity contribution in [2.45, 2.75) is 0 Å². The van der Waals surface area contributed by atoms with Gasteiger partial charge in [-0.1, -0.05) is 17.9 Å². The number of aliphatic hydroxyl groups is 1. The Kier molecular flexibility index (Phi) is 4.49. The summed E-state index contributed by atoms with van der Waals surface area (Å²) in [5.41, 5.74) is -0.0317. The first-order chi connectivity index (χ1) is 10.1. The molecule has 5 nitrogen and oxygen atoms in total. The first-order valence-electron chi connectivity index (χ1n) is 6.00. The Morgan fingerprint density at radius 1 is 1.33 bits per heavy atom. The van der Waals surface area contributed by atoms with Crippen LogP contribution in [0, 0.1) is 17.7 Å². The zero-order valence-corrected chi connectivity index (χ0v) is 10.8. The zero-order chi connectivity index (χ0) is 15.2. The number of halogens is 1. The molecule has 0 saturated heterocycles. The molecule has 0 atom stereocenters. The number of aliphatic hydroxyl groups excluding tert-OH is 1. The van der Waals surface area contributed by atoms with Gasteiger partial charge in [-0.2, -0.15) is 0 Å². The second-order valence-electron chi connectivity index (χ2n) is 4.04. The van der Waals surface area contributed by atoms with Gasteiger partial charge in [0.15, 0.2) is 0 Å². The third-order valence-electron chi connectivity index (χ3n) is 2.54. The molecular weight excluding hydrogens is 275 g/mol. The number of pyridine rings is 1. The molecule has 2 aromatic rings. The highest BCUT2D eigenvalue weighted by atomic mass is 19.1. The van der Waals surface area contributed by atoms with Crippen LogP contribution in [0.2, 0.25) is 0 Å². The number of H-pyrrole nitrogens is 1. The van der Waals surface area contributed by atoms with Crippen molar-refractivity contribution in [3.05, 3.63) is 63.8 Å². The largest absolute Gasteiger partial charge is 0.384 e. The summed E-state index contributed by atoms with van der Waals surface area (Å²) in [6.45, 7) is -0.318. The number of nitrogens with one attached hydrogen (secondary N) is 2. The van der Waals surface area contributed by atoms with Crippen LogP contribution in [0.25, 0.3) is 0 Å². The third-order valence-corrected chi connectivity index (χ3v) is 2.54. The minimum atomic E-state index is -0.661. The van der Waals surface area contributed by atoms with Gasteiger partial charge in [-0.25, -0.2) is 4.39 Å². The molecule has 1 aromatic heterocycles. The van der Waals surface area contributed by atoms with Gasteiger partial charge in [-0.3, -0.25) is 9.59 Å². The number of benzene rings is 1. The normalized spacial score (nSPS) is 9.62. The number of anilines is 1. The van der Waals surface area contributed by atoms with E-state index >= 15 is 0 Å². The van der Waals surface area contributed by atoms with Crippen LogP contribution in [0.15, 0.2) is 41.2 Å². The Bertz CT molecular complexity index is 787. The summed E-state index contributed by atoms with van der Waals surface area (Å²) < 4.78 is 13.8. The van der Waals surface area contributed by atoms with Gasteiger partial charge in [-0.05, 0) is 24.3 Å². The van der Waals surface area contributed by atoms with E-state index < -0.39 is 17.3 Å². The molecule has 0 saturated carbocycles. The van der Waals surface area contributed by atoms with E-state index in [0.29, 0.717) is 5.56 Å². The first kappa shape index (κ1) is 14.5. The van der Waals surface area contributed by atoms with Crippen LogP contribution in [-0.4, -0.2) is 22.6 Å². The predicted molar refractivity (Wildman–Crippen MR) is 75.4 cm³/mol. The first-order valence-corrected chi connectivity index (χ1v) is 6.00. The summed E-state index contributed by atoms with van der Waals surface area (Å²) in [6, 6.07) is 8.12. The molecule has 0 radical (unpaired) electrons. The topological polar surface area (TPSA) is 82.2 Å². The van der Waals surface area contributed by atoms with Gasteiger partial charge in [0.1, 0.15) is 18.1 Å². The molecular formula is C15H11FN2O3. The van der Waals surface area contributed by atoms with Crippen molar-refractivity contribution in [3.8, 4) is 11.8 Å². The summed E-state index contributed by atoms with van der Waals surface area (Å²) >= 11 is 0. The van der Waals surface area contributed by atoms with Gasteiger partial charge in [0.25, 0.3) is 5.91 Å². The quantitative estimate of drug-likeness (QED) is 0.723. The highest BCUT2D eigenvalue weighted by Gasteiger charge is 2.10. The van der Waals surface area contributed by atoms with Crippen molar-refractivity contribution in [2.24, 2.45) is 0 Å². The second-order valence-corrected chi connectivity index (χ2v) is 4.04. The lowest BCUT2D eigenvalue weighted by atomic mass is 10.2. The summed E-state index contributed by atoms with van der Waals surface area (Å²) in [4.78, 5) is 25.3. The number of carbonyl (C=O) groups excluding carboxylic acids is 1. The Morgan fingerprint density at radius 3 is 2.81 bits per heavy atom. The summed E-state index contributed by atoms with van der Waals surface area (Å²) in [5, 5.41) is 10.9. The smallest absolute Gasteiger partial charge is 0.272 e. The van der Waals surface area contributed by atoms with Gasteiger partial charge < -0.3 is 15.4 Å². The van der Waals surface area contributed by atoms with Crippen LogP contribution in [0.4, 0.5) is 10.1 Å². The molecule has 1 aromatic carbocycles. The number of aromatic nitrogens is 1. The Labute approximate surface area is 119 Å². The Hall–Kier alpha value is -2.91. The predicted octanol–water partition coefficient (Wildman–Crippen LogP) is 1.11. The molecule has 0 unspecified atom stereocenters. The van der Waals surface area contributed by atoms with E-state index in [0.717, 1.165) is 6.07 Å². The van der Waals surface area contributed by atoms with Gasteiger partial charge in [0.05, 0.1) is 5.69 Å². The van der Waals surface area contributed by atoms with Crippen molar-refractivity contribution < 1.29 is 14.3 Å². The maximum absolute atomic E-state index is 13.8. The fourth-order valence-electron chi connectivity index (χ4n) is 1.61. The van der Waals surface area contributed by atoms with E-state index in [9.17, 15) is 14.0 Å². The molecule has 3 N–H and O–H groups in total. The number of hydrogen-bond donors (Lipinski definition) is 3. The molecule has 1 heterocycles. The molecule has 1 amide bonds. The molecule has 0 aliphatic carbocycles. The number of rotatable bonds is 2. The molecule has 0 spiro atoms. The Morgan fingerprint density at radius 2 is 2.14 bits per heavy atom. The van der Waals surface area contributed by atoms with Crippen LogP contribution >= 0.6 is 0 Å². The zero-order valence-electron chi connectivity index (χ0n) is 10.8. The molecule has 0 bridgehead atoms. The van der Waals surface area contributed by atoms with Gasteiger partial charge in [0.2, 0.25) is 5.56 Å². The van der Waals surface area contributed by atoms with Crippen molar-refractivity contribution in [3.63, 3.8) is 0 Å². The molecule has 0 aliphatic heterocycles. The monoisotopic (exact) mass is 286 g/mol. The van der Waals surface area contributed by atoms with Crippen molar-refractivity contribution in [1.29, 1.82) is 0 Å². The highest BCUT2D eigenvalue weighted by Crippen LogP contribution is 2.16.